The smallest absolute Gasteiger partial charge is 0.220 e. The average molecular weight is 156 g/mol. The molecule has 1 fully saturated rings. The van der Waals surface area contributed by atoms with E-state index in [9.17, 15) is 4.79 Å². The van der Waals surface area contributed by atoms with Crippen LogP contribution < -0.4 is 5.73 Å². The van der Waals surface area contributed by atoms with Crippen LogP contribution in [0.1, 0.15) is 25.7 Å². The van der Waals surface area contributed by atoms with Crippen LogP contribution in [0, 0.1) is 18.4 Å². The Kier molecular flexibility index (Phi) is 2.88. The molecule has 0 aromatic carbocycles. The lowest BCUT2D eigenvalue weighted by atomic mass is 9.81. The lowest BCUT2D eigenvalue weighted by Crippen LogP contribution is -2.28. The van der Waals surface area contributed by atoms with E-state index < -0.39 is 0 Å². The second-order valence-corrected chi connectivity index (χ2v) is 3.18. The van der Waals surface area contributed by atoms with Crippen molar-refractivity contribution in [3.05, 3.63) is 6.61 Å². The number of aliphatic hydroxyl groups excluding tert-OH is 1. The van der Waals surface area contributed by atoms with Crippen LogP contribution in [-0.2, 0) is 4.79 Å². The van der Waals surface area contributed by atoms with Crippen molar-refractivity contribution in [1.82, 2.24) is 0 Å². The van der Waals surface area contributed by atoms with Gasteiger partial charge < -0.3 is 10.8 Å². The quantitative estimate of drug-likeness (QED) is 0.621. The van der Waals surface area contributed by atoms with E-state index in [1.807, 2.05) is 0 Å². The Labute approximate surface area is 66.6 Å². The highest BCUT2D eigenvalue weighted by Crippen LogP contribution is 2.29. The number of carbonyl (C=O) groups excluding carboxylic acids is 1. The first-order valence-electron chi connectivity index (χ1n) is 4.01. The Morgan fingerprint density at radius 2 is 2.27 bits per heavy atom. The molecule has 0 unspecified atom stereocenters. The van der Waals surface area contributed by atoms with Crippen molar-refractivity contribution in [3.63, 3.8) is 0 Å². The molecule has 3 nitrogen and oxygen atoms in total. The highest BCUT2D eigenvalue weighted by molar-refractivity contribution is 5.76. The standard InChI is InChI=1S/C8H14NO2/c9-8(11)7-3-1-2-6(4-7)5-10/h5-7,10H,1-4H2,(H2,9,11)/t6-,7-/m1/s1. The van der Waals surface area contributed by atoms with Gasteiger partial charge in [0, 0.05) is 5.92 Å². The molecule has 0 bridgehead atoms. The normalized spacial score (nSPS) is 31.7. The zero-order chi connectivity index (χ0) is 8.27. The van der Waals surface area contributed by atoms with Crippen LogP contribution in [-0.4, -0.2) is 11.0 Å². The van der Waals surface area contributed by atoms with Gasteiger partial charge in [-0.2, -0.15) is 0 Å². The van der Waals surface area contributed by atoms with Crippen molar-refractivity contribution >= 4 is 5.91 Å². The monoisotopic (exact) mass is 156 g/mol. The highest BCUT2D eigenvalue weighted by atomic mass is 16.3. The van der Waals surface area contributed by atoms with Crippen LogP contribution in [0.4, 0.5) is 0 Å². The van der Waals surface area contributed by atoms with Crippen LogP contribution in [0.5, 0.6) is 0 Å². The Hall–Kier alpha value is -0.570. The number of amides is 1. The van der Waals surface area contributed by atoms with Gasteiger partial charge in [0.1, 0.15) is 0 Å². The maximum Gasteiger partial charge on any atom is 0.220 e. The predicted octanol–water partition coefficient (Wildman–Crippen LogP) is 0.812. The summed E-state index contributed by atoms with van der Waals surface area (Å²) in [5.41, 5.74) is 5.15. The Morgan fingerprint density at radius 3 is 2.82 bits per heavy atom. The fourth-order valence-electron chi connectivity index (χ4n) is 1.62. The summed E-state index contributed by atoms with van der Waals surface area (Å²) in [6, 6.07) is 0. The third-order valence-electron chi connectivity index (χ3n) is 2.33. The second-order valence-electron chi connectivity index (χ2n) is 3.18. The molecular formula is C8H14NO2. The number of hydrogen-bond acceptors (Lipinski definition) is 2. The summed E-state index contributed by atoms with van der Waals surface area (Å²) in [6.45, 7) is 1.19. The lowest BCUT2D eigenvalue weighted by Gasteiger charge is -2.24. The zero-order valence-electron chi connectivity index (χ0n) is 6.49. The van der Waals surface area contributed by atoms with Gasteiger partial charge in [0.2, 0.25) is 5.91 Å². The number of nitrogens with two attached hydrogens (primary N) is 1. The number of hydrogen-bond donors (Lipinski definition) is 2. The maximum atomic E-state index is 10.7. The van der Waals surface area contributed by atoms with E-state index in [2.05, 4.69) is 0 Å². The van der Waals surface area contributed by atoms with Crippen molar-refractivity contribution in [2.24, 2.45) is 17.6 Å². The van der Waals surface area contributed by atoms with Gasteiger partial charge in [-0.25, -0.2) is 0 Å². The molecule has 0 aliphatic heterocycles. The van der Waals surface area contributed by atoms with Crippen molar-refractivity contribution < 1.29 is 9.90 Å². The third-order valence-corrected chi connectivity index (χ3v) is 2.33. The summed E-state index contributed by atoms with van der Waals surface area (Å²) in [5.74, 6) is -0.0602. The van der Waals surface area contributed by atoms with Gasteiger partial charge in [0.15, 0.2) is 0 Å². The summed E-state index contributed by atoms with van der Waals surface area (Å²) in [5, 5.41) is 8.71. The molecule has 1 radical (unpaired) electrons. The van der Waals surface area contributed by atoms with E-state index in [-0.39, 0.29) is 17.7 Å². The van der Waals surface area contributed by atoms with Gasteiger partial charge >= 0.3 is 0 Å². The second kappa shape index (κ2) is 3.72. The fraction of sp³-hybridized carbons (Fsp3) is 0.750. The minimum absolute atomic E-state index is 0.0165. The molecule has 11 heavy (non-hydrogen) atoms. The summed E-state index contributed by atoms with van der Waals surface area (Å²) in [7, 11) is 0. The zero-order valence-corrected chi connectivity index (χ0v) is 6.49. The minimum Gasteiger partial charge on any atom is -0.390 e. The highest BCUT2D eigenvalue weighted by Gasteiger charge is 2.24. The average Bonchev–Trinajstić information content (AvgIpc) is 2.05. The van der Waals surface area contributed by atoms with Gasteiger partial charge in [-0.05, 0) is 25.2 Å². The minimum atomic E-state index is -0.225. The van der Waals surface area contributed by atoms with Crippen LogP contribution in [0.2, 0.25) is 0 Å². The first-order chi connectivity index (χ1) is 5.24. The Morgan fingerprint density at radius 1 is 1.55 bits per heavy atom. The first-order valence-corrected chi connectivity index (χ1v) is 4.01. The number of rotatable bonds is 2. The van der Waals surface area contributed by atoms with E-state index in [0.29, 0.717) is 0 Å². The van der Waals surface area contributed by atoms with Gasteiger partial charge in [0.05, 0.1) is 6.61 Å². The van der Waals surface area contributed by atoms with Crippen LogP contribution in [0.15, 0.2) is 0 Å². The summed E-state index contributed by atoms with van der Waals surface area (Å²) < 4.78 is 0. The van der Waals surface area contributed by atoms with Crippen molar-refractivity contribution in [2.75, 3.05) is 0 Å². The molecule has 3 N–H and O–H groups in total. The van der Waals surface area contributed by atoms with Gasteiger partial charge in [0.25, 0.3) is 0 Å². The third kappa shape index (κ3) is 2.19. The molecule has 0 heterocycles. The molecule has 0 spiro atoms. The molecule has 1 aliphatic carbocycles. The van der Waals surface area contributed by atoms with Gasteiger partial charge in [-0.3, -0.25) is 4.79 Å². The molecule has 0 aromatic rings. The number of aliphatic hydroxyl groups is 1. The van der Waals surface area contributed by atoms with Crippen LogP contribution in [0.25, 0.3) is 0 Å². The van der Waals surface area contributed by atoms with E-state index in [4.69, 9.17) is 10.8 Å². The Balaban J connectivity index is 2.39. The SMILES string of the molecule is NC(=O)[C@@H]1CCC[C@@H]([CH]O)C1. The maximum absolute atomic E-state index is 10.7. The Bertz CT molecular complexity index is 147. The topological polar surface area (TPSA) is 63.3 Å². The van der Waals surface area contributed by atoms with E-state index in [1.54, 1.807) is 0 Å². The summed E-state index contributed by atoms with van der Waals surface area (Å²) >= 11 is 0. The molecule has 1 rings (SSSR count). The van der Waals surface area contributed by atoms with E-state index in [0.717, 1.165) is 25.7 Å². The van der Waals surface area contributed by atoms with Crippen molar-refractivity contribution in [3.8, 4) is 0 Å². The van der Waals surface area contributed by atoms with Gasteiger partial charge in [-0.15, -0.1) is 0 Å². The van der Waals surface area contributed by atoms with Crippen molar-refractivity contribution in [1.29, 1.82) is 0 Å². The largest absolute Gasteiger partial charge is 0.390 e. The van der Waals surface area contributed by atoms with Gasteiger partial charge in [-0.1, -0.05) is 6.42 Å². The van der Waals surface area contributed by atoms with E-state index >= 15 is 0 Å². The first kappa shape index (κ1) is 8.53. The fourth-order valence-corrected chi connectivity index (χ4v) is 1.62. The number of primary amides is 1. The molecule has 1 amide bonds. The summed E-state index contributed by atoms with van der Waals surface area (Å²) in [4.78, 5) is 10.7. The number of carbonyl (C=O) groups is 1. The summed E-state index contributed by atoms with van der Waals surface area (Å²) in [6.07, 6.45) is 3.60. The molecule has 63 valence electrons. The van der Waals surface area contributed by atoms with Crippen LogP contribution >= 0.6 is 0 Å². The van der Waals surface area contributed by atoms with Crippen LogP contribution in [0.3, 0.4) is 0 Å². The molecular weight excluding hydrogens is 142 g/mol. The molecule has 2 atom stereocenters. The molecule has 1 saturated carbocycles. The molecule has 0 aromatic heterocycles. The molecule has 1 aliphatic rings. The van der Waals surface area contributed by atoms with E-state index in [1.165, 1.54) is 6.61 Å². The lowest BCUT2D eigenvalue weighted by molar-refractivity contribution is -0.123. The predicted molar refractivity (Wildman–Crippen MR) is 40.9 cm³/mol. The molecule has 3 heteroatoms. The molecule has 0 saturated heterocycles. The van der Waals surface area contributed by atoms with Crippen molar-refractivity contribution in [2.45, 2.75) is 25.7 Å².